The van der Waals surface area contributed by atoms with E-state index in [1.54, 1.807) is 7.11 Å². The van der Waals surface area contributed by atoms with E-state index < -0.39 is 0 Å². The summed E-state index contributed by atoms with van der Waals surface area (Å²) < 4.78 is 16.0. The average molecular weight is 254 g/mol. The minimum absolute atomic E-state index is 0.276. The van der Waals surface area contributed by atoms with Crippen molar-refractivity contribution in [1.82, 2.24) is 0 Å². The third-order valence-electron chi connectivity index (χ3n) is 3.17. The van der Waals surface area contributed by atoms with Crippen molar-refractivity contribution in [3.05, 3.63) is 48.5 Å². The Morgan fingerprint density at radius 1 is 1.11 bits per heavy atom. The number of ether oxygens (including phenoxy) is 3. The van der Waals surface area contributed by atoms with Gasteiger partial charge < -0.3 is 14.2 Å². The molecule has 0 fully saturated rings. The molecule has 0 bridgehead atoms. The maximum atomic E-state index is 5.42. The van der Waals surface area contributed by atoms with E-state index in [1.807, 2.05) is 42.5 Å². The molecule has 0 aliphatic carbocycles. The lowest BCUT2D eigenvalue weighted by molar-refractivity contribution is 0.174. The zero-order valence-electron chi connectivity index (χ0n) is 10.7. The van der Waals surface area contributed by atoms with Crippen LogP contribution in [0.5, 0.6) is 17.2 Å². The molecule has 0 N–H and O–H groups in total. The largest absolute Gasteiger partial charge is 0.497 e. The lowest BCUT2D eigenvalue weighted by Gasteiger charge is -2.09. The topological polar surface area (TPSA) is 27.7 Å². The molecule has 96 valence electrons. The Morgan fingerprint density at radius 2 is 1.79 bits per heavy atom. The SMILES string of the molecule is C=Cc1cc2c(cc1-c1ccc(OC)cc1)OCO2. The Morgan fingerprint density at radius 3 is 2.42 bits per heavy atom. The van der Waals surface area contributed by atoms with Gasteiger partial charge in [0.05, 0.1) is 7.11 Å². The summed E-state index contributed by atoms with van der Waals surface area (Å²) in [5.74, 6) is 2.38. The second-order valence-electron chi connectivity index (χ2n) is 4.23. The van der Waals surface area contributed by atoms with Gasteiger partial charge in [-0.3, -0.25) is 0 Å². The zero-order valence-corrected chi connectivity index (χ0v) is 10.7. The van der Waals surface area contributed by atoms with Gasteiger partial charge in [-0.2, -0.15) is 0 Å². The van der Waals surface area contributed by atoms with Crippen LogP contribution < -0.4 is 14.2 Å². The molecule has 3 nitrogen and oxygen atoms in total. The van der Waals surface area contributed by atoms with Crippen LogP contribution >= 0.6 is 0 Å². The molecule has 0 saturated carbocycles. The zero-order chi connectivity index (χ0) is 13.2. The number of methoxy groups -OCH3 is 1. The summed E-state index contributed by atoms with van der Waals surface area (Å²) in [6.07, 6.45) is 1.82. The number of hydrogen-bond acceptors (Lipinski definition) is 3. The summed E-state index contributed by atoms with van der Waals surface area (Å²) in [7, 11) is 1.66. The minimum Gasteiger partial charge on any atom is -0.497 e. The number of hydrogen-bond donors (Lipinski definition) is 0. The van der Waals surface area contributed by atoms with E-state index in [2.05, 4.69) is 6.58 Å². The summed E-state index contributed by atoms with van der Waals surface area (Å²) in [4.78, 5) is 0. The smallest absolute Gasteiger partial charge is 0.231 e. The quantitative estimate of drug-likeness (QED) is 0.835. The van der Waals surface area contributed by atoms with E-state index in [0.29, 0.717) is 0 Å². The summed E-state index contributed by atoms with van der Waals surface area (Å²) in [5.41, 5.74) is 3.19. The lowest BCUT2D eigenvalue weighted by atomic mass is 9.99. The molecule has 19 heavy (non-hydrogen) atoms. The molecule has 3 rings (SSSR count). The molecule has 0 aromatic heterocycles. The highest BCUT2D eigenvalue weighted by molar-refractivity contribution is 5.78. The molecule has 1 aliphatic rings. The van der Waals surface area contributed by atoms with Crippen molar-refractivity contribution >= 4 is 6.08 Å². The third kappa shape index (κ3) is 2.03. The van der Waals surface area contributed by atoms with Crippen LogP contribution in [0.4, 0.5) is 0 Å². The van der Waals surface area contributed by atoms with Crippen LogP contribution in [-0.4, -0.2) is 13.9 Å². The highest BCUT2D eigenvalue weighted by Crippen LogP contribution is 2.39. The van der Waals surface area contributed by atoms with Crippen molar-refractivity contribution in [3.8, 4) is 28.4 Å². The Balaban J connectivity index is 2.10. The normalized spacial score (nSPS) is 12.3. The van der Waals surface area contributed by atoms with Crippen molar-refractivity contribution < 1.29 is 14.2 Å². The Labute approximate surface area is 112 Å². The fourth-order valence-corrected chi connectivity index (χ4v) is 2.15. The molecular formula is C16H14O3. The number of benzene rings is 2. The predicted molar refractivity (Wildman–Crippen MR) is 74.6 cm³/mol. The molecule has 2 aromatic carbocycles. The van der Waals surface area contributed by atoms with E-state index in [0.717, 1.165) is 33.9 Å². The van der Waals surface area contributed by atoms with Crippen molar-refractivity contribution in [2.75, 3.05) is 13.9 Å². The van der Waals surface area contributed by atoms with Gasteiger partial charge in [-0.25, -0.2) is 0 Å². The van der Waals surface area contributed by atoms with Gasteiger partial charge in [0, 0.05) is 0 Å². The maximum Gasteiger partial charge on any atom is 0.231 e. The first kappa shape index (κ1) is 11.7. The molecule has 1 aliphatic heterocycles. The van der Waals surface area contributed by atoms with Crippen LogP contribution in [-0.2, 0) is 0 Å². The van der Waals surface area contributed by atoms with Crippen molar-refractivity contribution in [2.45, 2.75) is 0 Å². The van der Waals surface area contributed by atoms with Gasteiger partial charge in [0.25, 0.3) is 0 Å². The summed E-state index contributed by atoms with van der Waals surface area (Å²) >= 11 is 0. The predicted octanol–water partition coefficient (Wildman–Crippen LogP) is 3.73. The first-order valence-electron chi connectivity index (χ1n) is 6.02. The van der Waals surface area contributed by atoms with Crippen LogP contribution in [0.15, 0.2) is 43.0 Å². The van der Waals surface area contributed by atoms with Crippen molar-refractivity contribution in [2.24, 2.45) is 0 Å². The lowest BCUT2D eigenvalue weighted by Crippen LogP contribution is -1.92. The summed E-state index contributed by atoms with van der Waals surface area (Å²) in [5, 5.41) is 0. The molecular weight excluding hydrogens is 240 g/mol. The molecule has 2 aromatic rings. The molecule has 0 unspecified atom stereocenters. The van der Waals surface area contributed by atoms with Crippen LogP contribution in [0, 0.1) is 0 Å². The van der Waals surface area contributed by atoms with E-state index in [9.17, 15) is 0 Å². The van der Waals surface area contributed by atoms with Gasteiger partial charge in [-0.1, -0.05) is 24.8 Å². The van der Waals surface area contributed by atoms with Crippen LogP contribution in [0.2, 0.25) is 0 Å². The molecule has 0 saturated heterocycles. The average Bonchev–Trinajstić information content (AvgIpc) is 2.93. The van der Waals surface area contributed by atoms with Crippen LogP contribution in [0.25, 0.3) is 17.2 Å². The Hall–Kier alpha value is -2.42. The van der Waals surface area contributed by atoms with Gasteiger partial charge in [0.2, 0.25) is 6.79 Å². The van der Waals surface area contributed by atoms with E-state index in [4.69, 9.17) is 14.2 Å². The van der Waals surface area contributed by atoms with Gasteiger partial charge in [-0.05, 0) is 41.0 Å². The fraction of sp³-hybridized carbons (Fsp3) is 0.125. The molecule has 0 amide bonds. The first-order chi connectivity index (χ1) is 9.31. The molecule has 1 heterocycles. The number of rotatable bonds is 3. The fourth-order valence-electron chi connectivity index (χ4n) is 2.15. The molecule has 3 heteroatoms. The van der Waals surface area contributed by atoms with E-state index in [1.165, 1.54) is 0 Å². The monoisotopic (exact) mass is 254 g/mol. The van der Waals surface area contributed by atoms with E-state index >= 15 is 0 Å². The number of fused-ring (bicyclic) bond motifs is 1. The van der Waals surface area contributed by atoms with Crippen molar-refractivity contribution in [3.63, 3.8) is 0 Å². The highest BCUT2D eigenvalue weighted by Gasteiger charge is 2.16. The molecule has 0 radical (unpaired) electrons. The highest BCUT2D eigenvalue weighted by atomic mass is 16.7. The summed E-state index contributed by atoms with van der Waals surface area (Å²) in [6, 6.07) is 11.8. The molecule has 0 spiro atoms. The van der Waals surface area contributed by atoms with Crippen LogP contribution in [0.3, 0.4) is 0 Å². The Kier molecular flexibility index (Phi) is 2.88. The van der Waals surface area contributed by atoms with E-state index in [-0.39, 0.29) is 6.79 Å². The minimum atomic E-state index is 0.276. The second kappa shape index (κ2) is 4.69. The van der Waals surface area contributed by atoms with Gasteiger partial charge in [-0.15, -0.1) is 0 Å². The standard InChI is InChI=1S/C16H14O3/c1-3-11-8-15-16(19-10-18-15)9-14(11)12-4-6-13(17-2)7-5-12/h3-9H,1,10H2,2H3. The van der Waals surface area contributed by atoms with Crippen molar-refractivity contribution in [1.29, 1.82) is 0 Å². The maximum absolute atomic E-state index is 5.42. The third-order valence-corrected chi connectivity index (χ3v) is 3.17. The van der Waals surface area contributed by atoms with Gasteiger partial charge in [0.15, 0.2) is 11.5 Å². The molecule has 0 atom stereocenters. The second-order valence-corrected chi connectivity index (χ2v) is 4.23. The van der Waals surface area contributed by atoms with Gasteiger partial charge in [0.1, 0.15) is 5.75 Å². The summed E-state index contributed by atoms with van der Waals surface area (Å²) in [6.45, 7) is 4.13. The van der Waals surface area contributed by atoms with Gasteiger partial charge >= 0.3 is 0 Å². The Bertz CT molecular complexity index is 615. The van der Waals surface area contributed by atoms with Crippen LogP contribution in [0.1, 0.15) is 5.56 Å². The first-order valence-corrected chi connectivity index (χ1v) is 6.02.